The fourth-order valence-corrected chi connectivity index (χ4v) is 2.92. The molecule has 0 amide bonds. The molecule has 2 rings (SSSR count). The number of Topliss-reactive ketones (excluding diaryl/α,β-unsaturated/α-hetero) is 1. The minimum atomic E-state index is -0.463. The van der Waals surface area contributed by atoms with Gasteiger partial charge in [-0.25, -0.2) is 0 Å². The molecule has 0 aromatic heterocycles. The van der Waals surface area contributed by atoms with E-state index in [1.807, 2.05) is 25.2 Å². The lowest BCUT2D eigenvalue weighted by atomic mass is 9.66. The van der Waals surface area contributed by atoms with E-state index in [-0.39, 0.29) is 29.7 Å². The van der Waals surface area contributed by atoms with Gasteiger partial charge in [0.1, 0.15) is 0 Å². The van der Waals surface area contributed by atoms with Gasteiger partial charge in [0, 0.05) is 5.41 Å². The van der Waals surface area contributed by atoms with Crippen molar-refractivity contribution in [2.45, 2.75) is 46.5 Å². The molecule has 0 bridgehead atoms. The van der Waals surface area contributed by atoms with Gasteiger partial charge in [0.2, 0.25) is 0 Å². The Balaban J connectivity index is 1.91. The SMILES string of the molecule is CC1(C)C=CC[C@]1(C)C(=O)COC(=O)C1C=CCCC1. The Kier molecular flexibility index (Phi) is 4.17. The molecule has 3 nitrogen and oxygen atoms in total. The van der Waals surface area contributed by atoms with Crippen molar-refractivity contribution in [2.75, 3.05) is 6.61 Å². The van der Waals surface area contributed by atoms with Crippen LogP contribution in [-0.2, 0) is 14.3 Å². The summed E-state index contributed by atoms with van der Waals surface area (Å²) in [6.45, 7) is 5.97. The Bertz CT molecular complexity index is 459. The molecule has 2 aliphatic rings. The highest BCUT2D eigenvalue weighted by Gasteiger charge is 2.47. The molecule has 0 radical (unpaired) electrons. The van der Waals surface area contributed by atoms with Crippen LogP contribution in [0, 0.1) is 16.7 Å². The van der Waals surface area contributed by atoms with Crippen LogP contribution in [0.3, 0.4) is 0 Å². The molecule has 0 aromatic rings. The highest BCUT2D eigenvalue weighted by atomic mass is 16.5. The number of hydrogen-bond acceptors (Lipinski definition) is 3. The molecule has 2 aliphatic carbocycles. The second kappa shape index (κ2) is 5.55. The van der Waals surface area contributed by atoms with E-state index in [1.54, 1.807) is 0 Å². The molecule has 0 aliphatic heterocycles. The van der Waals surface area contributed by atoms with Gasteiger partial charge in [-0.15, -0.1) is 0 Å². The van der Waals surface area contributed by atoms with Gasteiger partial charge in [-0.2, -0.15) is 0 Å². The summed E-state index contributed by atoms with van der Waals surface area (Å²) in [5.74, 6) is -0.415. The van der Waals surface area contributed by atoms with Crippen LogP contribution >= 0.6 is 0 Å². The van der Waals surface area contributed by atoms with E-state index >= 15 is 0 Å². The summed E-state index contributed by atoms with van der Waals surface area (Å²) in [6, 6.07) is 0. The molecule has 1 unspecified atom stereocenters. The van der Waals surface area contributed by atoms with Crippen molar-refractivity contribution < 1.29 is 14.3 Å². The summed E-state index contributed by atoms with van der Waals surface area (Å²) >= 11 is 0. The zero-order valence-corrected chi connectivity index (χ0v) is 12.6. The summed E-state index contributed by atoms with van der Waals surface area (Å²) < 4.78 is 5.25. The van der Waals surface area contributed by atoms with Crippen LogP contribution in [0.5, 0.6) is 0 Å². The van der Waals surface area contributed by atoms with Crippen LogP contribution in [0.25, 0.3) is 0 Å². The van der Waals surface area contributed by atoms with Crippen molar-refractivity contribution in [3.8, 4) is 0 Å². The van der Waals surface area contributed by atoms with Crippen LogP contribution in [0.2, 0.25) is 0 Å². The van der Waals surface area contributed by atoms with Crippen LogP contribution in [0.1, 0.15) is 46.5 Å². The number of rotatable bonds is 4. The van der Waals surface area contributed by atoms with Crippen molar-refractivity contribution in [2.24, 2.45) is 16.7 Å². The maximum absolute atomic E-state index is 12.4. The molecule has 0 saturated heterocycles. The van der Waals surface area contributed by atoms with Gasteiger partial charge in [-0.3, -0.25) is 9.59 Å². The van der Waals surface area contributed by atoms with Crippen molar-refractivity contribution in [3.63, 3.8) is 0 Å². The van der Waals surface area contributed by atoms with Gasteiger partial charge in [0.05, 0.1) is 5.92 Å². The van der Waals surface area contributed by atoms with E-state index in [1.165, 1.54) is 0 Å². The first kappa shape index (κ1) is 15.0. The second-order valence-electron chi connectivity index (χ2n) is 6.66. The van der Waals surface area contributed by atoms with Crippen molar-refractivity contribution >= 4 is 11.8 Å². The lowest BCUT2D eigenvalue weighted by molar-refractivity contribution is -0.154. The zero-order chi connectivity index (χ0) is 14.8. The Morgan fingerprint density at radius 3 is 2.55 bits per heavy atom. The zero-order valence-electron chi connectivity index (χ0n) is 12.6. The van der Waals surface area contributed by atoms with Gasteiger partial charge in [-0.05, 0) is 31.1 Å². The maximum Gasteiger partial charge on any atom is 0.313 e. The fraction of sp³-hybridized carbons (Fsp3) is 0.647. The standard InChI is InChI=1S/C17H24O3/c1-16(2)10-7-11-17(16,3)14(18)12-20-15(19)13-8-5-4-6-9-13/h5,7-8,10,13H,4,6,9,11-12H2,1-3H3/t13?,17-/m1/s1. The molecule has 20 heavy (non-hydrogen) atoms. The van der Waals surface area contributed by atoms with E-state index in [2.05, 4.69) is 19.9 Å². The number of carbonyl (C=O) groups is 2. The number of ether oxygens (including phenoxy) is 1. The van der Waals surface area contributed by atoms with Crippen molar-refractivity contribution in [1.82, 2.24) is 0 Å². The molecule has 3 heteroatoms. The summed E-state index contributed by atoms with van der Waals surface area (Å²) in [5.41, 5.74) is -0.642. The van der Waals surface area contributed by atoms with Gasteiger partial charge >= 0.3 is 5.97 Å². The third-order valence-electron chi connectivity index (χ3n) is 5.00. The minimum absolute atomic E-state index is 0.0145. The monoisotopic (exact) mass is 276 g/mol. The summed E-state index contributed by atoms with van der Waals surface area (Å²) in [4.78, 5) is 24.4. The molecule has 0 spiro atoms. The number of esters is 1. The van der Waals surface area contributed by atoms with E-state index in [0.29, 0.717) is 0 Å². The van der Waals surface area contributed by atoms with Crippen LogP contribution in [0.4, 0.5) is 0 Å². The van der Waals surface area contributed by atoms with Crippen LogP contribution in [0.15, 0.2) is 24.3 Å². The molecule has 0 heterocycles. The van der Waals surface area contributed by atoms with E-state index < -0.39 is 5.41 Å². The quantitative estimate of drug-likeness (QED) is 0.583. The van der Waals surface area contributed by atoms with E-state index in [0.717, 1.165) is 25.7 Å². The summed E-state index contributed by atoms with van der Waals surface area (Å²) in [7, 11) is 0. The predicted molar refractivity (Wildman–Crippen MR) is 78.1 cm³/mol. The highest BCUT2D eigenvalue weighted by molar-refractivity contribution is 5.89. The Morgan fingerprint density at radius 2 is 2.00 bits per heavy atom. The third-order valence-corrected chi connectivity index (χ3v) is 5.00. The topological polar surface area (TPSA) is 43.4 Å². The second-order valence-corrected chi connectivity index (χ2v) is 6.66. The minimum Gasteiger partial charge on any atom is -0.457 e. The number of allylic oxidation sites excluding steroid dienone is 3. The summed E-state index contributed by atoms with van der Waals surface area (Å²) in [5, 5.41) is 0. The molecule has 0 aromatic carbocycles. The third kappa shape index (κ3) is 2.72. The first-order chi connectivity index (χ1) is 9.37. The number of carbonyl (C=O) groups excluding carboxylic acids is 2. The number of ketones is 1. The first-order valence-corrected chi connectivity index (χ1v) is 7.41. The lowest BCUT2D eigenvalue weighted by Crippen LogP contribution is -2.40. The first-order valence-electron chi connectivity index (χ1n) is 7.41. The smallest absolute Gasteiger partial charge is 0.313 e. The maximum atomic E-state index is 12.4. The summed E-state index contributed by atoms with van der Waals surface area (Å²) in [6.07, 6.45) is 11.6. The highest BCUT2D eigenvalue weighted by Crippen LogP contribution is 2.48. The Hall–Kier alpha value is -1.38. The van der Waals surface area contributed by atoms with Crippen molar-refractivity contribution in [3.05, 3.63) is 24.3 Å². The largest absolute Gasteiger partial charge is 0.457 e. The van der Waals surface area contributed by atoms with Gasteiger partial charge in [-0.1, -0.05) is 45.1 Å². The lowest BCUT2D eigenvalue weighted by Gasteiger charge is -2.36. The molecule has 2 atom stereocenters. The van der Waals surface area contributed by atoms with Gasteiger partial charge < -0.3 is 4.74 Å². The fourth-order valence-electron chi connectivity index (χ4n) is 2.92. The Morgan fingerprint density at radius 1 is 1.25 bits per heavy atom. The molecule has 0 saturated carbocycles. The van der Waals surface area contributed by atoms with Crippen molar-refractivity contribution in [1.29, 1.82) is 0 Å². The molecule has 0 fully saturated rings. The van der Waals surface area contributed by atoms with E-state index in [4.69, 9.17) is 4.74 Å². The van der Waals surface area contributed by atoms with E-state index in [9.17, 15) is 9.59 Å². The molecule has 110 valence electrons. The molecule has 0 N–H and O–H groups in total. The average molecular weight is 276 g/mol. The number of hydrogen-bond donors (Lipinski definition) is 0. The normalized spacial score (nSPS) is 31.2. The predicted octanol–water partition coefficient (Wildman–Crippen LogP) is 3.45. The molecular weight excluding hydrogens is 252 g/mol. The molecular formula is C17H24O3. The average Bonchev–Trinajstić information content (AvgIpc) is 2.71. The van der Waals surface area contributed by atoms with Gasteiger partial charge in [0.15, 0.2) is 12.4 Å². The van der Waals surface area contributed by atoms with Crippen LogP contribution < -0.4 is 0 Å². The van der Waals surface area contributed by atoms with Crippen LogP contribution in [-0.4, -0.2) is 18.4 Å². The van der Waals surface area contributed by atoms with Gasteiger partial charge in [0.25, 0.3) is 0 Å². The Labute approximate surface area is 121 Å².